The predicted octanol–water partition coefficient (Wildman–Crippen LogP) is 3.02. The molecule has 1 aromatic rings. The summed E-state index contributed by atoms with van der Waals surface area (Å²) in [6, 6.07) is 3.12. The minimum Gasteiger partial charge on any atom is -0.507 e. The Kier molecular flexibility index (Phi) is 3.08. The molecule has 0 amide bonds. The lowest BCUT2D eigenvalue weighted by atomic mass is 9.64. The number of nitrogens with two attached hydrogens (primary N) is 1. The Labute approximate surface area is 99.4 Å². The summed E-state index contributed by atoms with van der Waals surface area (Å²) in [5.74, 6) is -0.268. The maximum Gasteiger partial charge on any atom is 0.267 e. The number of aryl methyl sites for hydroxylation is 1. The van der Waals surface area contributed by atoms with E-state index in [2.05, 4.69) is 0 Å². The summed E-state index contributed by atoms with van der Waals surface area (Å²) in [5, 5.41) is 9.98. The summed E-state index contributed by atoms with van der Waals surface area (Å²) < 4.78 is 25.6. The SMILES string of the molecule is Cc1cc(C(F)F)c(O)c(C2(CN)CCC2)c1. The number of phenols is 1. The largest absolute Gasteiger partial charge is 0.507 e. The normalized spacial score (nSPS) is 18.2. The molecule has 1 aromatic carbocycles. The van der Waals surface area contributed by atoms with Gasteiger partial charge in [0, 0.05) is 17.5 Å². The van der Waals surface area contributed by atoms with Crippen LogP contribution in [-0.4, -0.2) is 11.7 Å². The van der Waals surface area contributed by atoms with Crippen molar-refractivity contribution in [1.29, 1.82) is 0 Å². The minimum atomic E-state index is -2.65. The van der Waals surface area contributed by atoms with Crippen LogP contribution >= 0.6 is 0 Å². The van der Waals surface area contributed by atoms with E-state index in [1.165, 1.54) is 6.07 Å². The summed E-state index contributed by atoms with van der Waals surface area (Å²) >= 11 is 0. The highest BCUT2D eigenvalue weighted by Crippen LogP contribution is 2.48. The molecule has 0 heterocycles. The van der Waals surface area contributed by atoms with Crippen LogP contribution in [0, 0.1) is 6.92 Å². The van der Waals surface area contributed by atoms with Crippen LogP contribution in [0.5, 0.6) is 5.75 Å². The van der Waals surface area contributed by atoms with Gasteiger partial charge in [0.25, 0.3) is 6.43 Å². The molecule has 4 heteroatoms. The summed E-state index contributed by atoms with van der Waals surface area (Å²) in [6.07, 6.45) is 0.115. The van der Waals surface area contributed by atoms with Gasteiger partial charge in [0.15, 0.2) is 0 Å². The van der Waals surface area contributed by atoms with Gasteiger partial charge in [-0.2, -0.15) is 0 Å². The first kappa shape index (κ1) is 12.3. The number of halogens is 2. The average molecular weight is 241 g/mol. The molecule has 17 heavy (non-hydrogen) atoms. The van der Waals surface area contributed by atoms with E-state index in [-0.39, 0.29) is 16.7 Å². The second-order valence-corrected chi connectivity index (χ2v) is 4.89. The van der Waals surface area contributed by atoms with Crippen LogP contribution in [0.25, 0.3) is 0 Å². The van der Waals surface area contributed by atoms with Crippen LogP contribution in [-0.2, 0) is 5.41 Å². The Balaban J connectivity index is 2.54. The van der Waals surface area contributed by atoms with Crippen molar-refractivity contribution in [3.8, 4) is 5.75 Å². The molecule has 0 saturated heterocycles. The summed E-state index contributed by atoms with van der Waals surface area (Å²) in [4.78, 5) is 0. The fraction of sp³-hybridized carbons (Fsp3) is 0.538. The molecule has 0 atom stereocenters. The molecule has 1 aliphatic carbocycles. The van der Waals surface area contributed by atoms with Crippen LogP contribution in [0.1, 0.15) is 42.4 Å². The summed E-state index contributed by atoms with van der Waals surface area (Å²) in [6.45, 7) is 2.16. The van der Waals surface area contributed by atoms with E-state index in [0.29, 0.717) is 12.1 Å². The van der Waals surface area contributed by atoms with Crippen molar-refractivity contribution in [3.05, 3.63) is 28.8 Å². The Morgan fingerprint density at radius 1 is 1.41 bits per heavy atom. The van der Waals surface area contributed by atoms with Crippen molar-refractivity contribution in [2.75, 3.05) is 6.54 Å². The van der Waals surface area contributed by atoms with Gasteiger partial charge in [0.05, 0.1) is 5.56 Å². The maximum absolute atomic E-state index is 12.8. The van der Waals surface area contributed by atoms with Crippen LogP contribution < -0.4 is 5.73 Å². The monoisotopic (exact) mass is 241 g/mol. The van der Waals surface area contributed by atoms with Gasteiger partial charge in [0.1, 0.15) is 5.75 Å². The Morgan fingerprint density at radius 3 is 2.47 bits per heavy atom. The number of benzene rings is 1. The standard InChI is InChI=1S/C13H17F2NO/c1-8-5-9(12(14)15)11(17)10(6-8)13(7-16)3-2-4-13/h5-6,12,17H,2-4,7,16H2,1H3. The van der Waals surface area contributed by atoms with E-state index in [9.17, 15) is 13.9 Å². The first-order chi connectivity index (χ1) is 8.00. The van der Waals surface area contributed by atoms with E-state index in [1.807, 2.05) is 0 Å². The zero-order chi connectivity index (χ0) is 12.6. The van der Waals surface area contributed by atoms with Crippen molar-refractivity contribution in [3.63, 3.8) is 0 Å². The maximum atomic E-state index is 12.8. The van der Waals surface area contributed by atoms with Gasteiger partial charge < -0.3 is 10.8 Å². The van der Waals surface area contributed by atoms with E-state index >= 15 is 0 Å². The molecule has 3 N–H and O–H groups in total. The minimum absolute atomic E-state index is 0.268. The van der Waals surface area contributed by atoms with Crippen molar-refractivity contribution in [2.45, 2.75) is 38.0 Å². The molecule has 2 rings (SSSR count). The summed E-state index contributed by atoms with van der Waals surface area (Å²) in [5.41, 5.74) is 6.52. The second-order valence-electron chi connectivity index (χ2n) is 4.89. The first-order valence-corrected chi connectivity index (χ1v) is 5.82. The zero-order valence-electron chi connectivity index (χ0n) is 9.84. The van der Waals surface area contributed by atoms with Crippen molar-refractivity contribution in [1.82, 2.24) is 0 Å². The zero-order valence-corrected chi connectivity index (χ0v) is 9.84. The average Bonchev–Trinajstić information content (AvgIpc) is 2.21. The third-order valence-corrected chi connectivity index (χ3v) is 3.79. The summed E-state index contributed by atoms with van der Waals surface area (Å²) in [7, 11) is 0. The quantitative estimate of drug-likeness (QED) is 0.854. The van der Waals surface area contributed by atoms with Gasteiger partial charge >= 0.3 is 0 Å². The number of alkyl halides is 2. The molecule has 0 spiro atoms. The number of phenolic OH excluding ortho intramolecular Hbond substituents is 1. The van der Waals surface area contributed by atoms with Crippen molar-refractivity contribution < 1.29 is 13.9 Å². The van der Waals surface area contributed by atoms with Crippen LogP contribution in [0.2, 0.25) is 0 Å². The fourth-order valence-corrected chi connectivity index (χ4v) is 2.56. The van der Waals surface area contributed by atoms with Gasteiger partial charge in [-0.05, 0) is 25.8 Å². The number of rotatable bonds is 3. The van der Waals surface area contributed by atoms with E-state index in [1.54, 1.807) is 13.0 Å². The van der Waals surface area contributed by atoms with Crippen LogP contribution in [0.4, 0.5) is 8.78 Å². The number of aromatic hydroxyl groups is 1. The molecular weight excluding hydrogens is 224 g/mol. The first-order valence-electron chi connectivity index (χ1n) is 5.82. The Bertz CT molecular complexity index is 422. The molecule has 0 bridgehead atoms. The molecule has 0 aromatic heterocycles. The Morgan fingerprint density at radius 2 is 2.06 bits per heavy atom. The van der Waals surface area contributed by atoms with Crippen molar-refractivity contribution in [2.24, 2.45) is 5.73 Å². The smallest absolute Gasteiger partial charge is 0.267 e. The van der Waals surface area contributed by atoms with Gasteiger partial charge in [-0.1, -0.05) is 18.1 Å². The van der Waals surface area contributed by atoms with Gasteiger partial charge in [-0.3, -0.25) is 0 Å². The molecule has 1 aliphatic rings. The Hall–Kier alpha value is -1.16. The van der Waals surface area contributed by atoms with E-state index < -0.39 is 6.43 Å². The molecule has 94 valence electrons. The third-order valence-electron chi connectivity index (χ3n) is 3.79. The van der Waals surface area contributed by atoms with E-state index in [0.717, 1.165) is 24.8 Å². The molecule has 1 saturated carbocycles. The van der Waals surface area contributed by atoms with Gasteiger partial charge in [-0.15, -0.1) is 0 Å². The predicted molar refractivity (Wildman–Crippen MR) is 62.4 cm³/mol. The fourth-order valence-electron chi connectivity index (χ4n) is 2.56. The lowest BCUT2D eigenvalue weighted by Crippen LogP contribution is -2.41. The highest BCUT2D eigenvalue weighted by atomic mass is 19.3. The highest BCUT2D eigenvalue weighted by Gasteiger charge is 2.40. The van der Waals surface area contributed by atoms with Crippen molar-refractivity contribution >= 4 is 0 Å². The lowest BCUT2D eigenvalue weighted by molar-refractivity contribution is 0.146. The number of hydrogen-bond acceptors (Lipinski definition) is 2. The molecule has 0 radical (unpaired) electrons. The van der Waals surface area contributed by atoms with Gasteiger partial charge in [0.2, 0.25) is 0 Å². The molecule has 1 fully saturated rings. The lowest BCUT2D eigenvalue weighted by Gasteiger charge is -2.42. The van der Waals surface area contributed by atoms with Crippen LogP contribution in [0.3, 0.4) is 0 Å². The molecule has 0 unspecified atom stereocenters. The molecular formula is C13H17F2NO. The molecule has 2 nitrogen and oxygen atoms in total. The topological polar surface area (TPSA) is 46.2 Å². The highest BCUT2D eigenvalue weighted by molar-refractivity contribution is 5.49. The van der Waals surface area contributed by atoms with Crippen LogP contribution in [0.15, 0.2) is 12.1 Å². The third kappa shape index (κ3) is 1.90. The second kappa shape index (κ2) is 4.26. The van der Waals surface area contributed by atoms with Gasteiger partial charge in [-0.25, -0.2) is 8.78 Å². The molecule has 0 aliphatic heterocycles. The van der Waals surface area contributed by atoms with E-state index in [4.69, 9.17) is 5.73 Å². The number of hydrogen-bond donors (Lipinski definition) is 2.